The minimum Gasteiger partial charge on any atom is -0.382 e. The van der Waals surface area contributed by atoms with Crippen LogP contribution in [0, 0.1) is 5.41 Å². The van der Waals surface area contributed by atoms with E-state index in [1.54, 1.807) is 7.11 Å². The summed E-state index contributed by atoms with van der Waals surface area (Å²) in [5.41, 5.74) is 1.14. The summed E-state index contributed by atoms with van der Waals surface area (Å²) in [6, 6.07) is 20.3. The fraction of sp³-hybridized carbons (Fsp3) is 0.423. The van der Waals surface area contributed by atoms with Crippen molar-refractivity contribution >= 4 is 5.91 Å². The van der Waals surface area contributed by atoms with E-state index >= 15 is 0 Å². The molecule has 2 aliphatic heterocycles. The van der Waals surface area contributed by atoms with E-state index in [2.05, 4.69) is 37.8 Å². The maximum atomic E-state index is 14.1. The fourth-order valence-corrected chi connectivity index (χ4v) is 5.23. The Bertz CT molecular complexity index is 884. The molecule has 2 fully saturated rings. The third-order valence-corrected chi connectivity index (χ3v) is 6.70. The second-order valence-corrected chi connectivity index (χ2v) is 8.76. The third-order valence-electron chi connectivity index (χ3n) is 6.70. The predicted molar refractivity (Wildman–Crippen MR) is 118 cm³/mol. The molecule has 2 heterocycles. The number of fused-ring (bicyclic) bond motifs is 1. The number of piperidine rings is 1. The molecule has 0 N–H and O–H groups in total. The number of methoxy groups -OCH3 is 1. The highest BCUT2D eigenvalue weighted by atomic mass is 16.6. The van der Waals surface area contributed by atoms with Crippen molar-refractivity contribution in [1.82, 2.24) is 4.90 Å². The van der Waals surface area contributed by atoms with Crippen molar-refractivity contribution in [3.8, 4) is 0 Å². The normalized spacial score (nSPS) is 30.9. The Balaban J connectivity index is 1.72. The van der Waals surface area contributed by atoms with Gasteiger partial charge in [-0.05, 0) is 43.7 Å². The second kappa shape index (κ2) is 8.37. The first kappa shape index (κ1) is 20.8. The maximum Gasteiger partial charge on any atom is 0.232 e. The van der Waals surface area contributed by atoms with Gasteiger partial charge in [-0.1, -0.05) is 66.7 Å². The zero-order valence-electron chi connectivity index (χ0n) is 17.9. The number of carbonyl (C=O) groups excluding carboxylic acids is 1. The van der Waals surface area contributed by atoms with E-state index in [1.165, 1.54) is 5.56 Å². The molecule has 4 nitrogen and oxygen atoms in total. The molecule has 0 radical (unpaired) electrons. The van der Waals surface area contributed by atoms with E-state index in [1.807, 2.05) is 47.4 Å². The van der Waals surface area contributed by atoms with Crippen LogP contribution in [0.2, 0.25) is 0 Å². The van der Waals surface area contributed by atoms with Gasteiger partial charge >= 0.3 is 0 Å². The monoisotopic (exact) mass is 405 g/mol. The third kappa shape index (κ3) is 3.59. The lowest BCUT2D eigenvalue weighted by atomic mass is 9.69. The van der Waals surface area contributed by atoms with Crippen molar-refractivity contribution in [3.05, 3.63) is 84.4 Å². The quantitative estimate of drug-likeness (QED) is 0.614. The Morgan fingerprint density at radius 1 is 1.13 bits per heavy atom. The molecule has 0 saturated carbocycles. The molecule has 2 aromatic carbocycles. The molecule has 2 saturated heterocycles. The molecule has 0 bridgehead atoms. The summed E-state index contributed by atoms with van der Waals surface area (Å²) in [7, 11) is 1.69. The van der Waals surface area contributed by atoms with Crippen LogP contribution >= 0.6 is 0 Å². The van der Waals surface area contributed by atoms with E-state index in [4.69, 9.17) is 9.47 Å². The van der Waals surface area contributed by atoms with Crippen molar-refractivity contribution in [3.63, 3.8) is 0 Å². The first-order chi connectivity index (χ1) is 14.5. The number of ether oxygens (including phenoxy) is 2. The van der Waals surface area contributed by atoms with E-state index < -0.39 is 11.1 Å². The molecule has 0 aromatic heterocycles. The molecule has 2 aromatic rings. The van der Waals surface area contributed by atoms with Crippen molar-refractivity contribution < 1.29 is 14.3 Å². The van der Waals surface area contributed by atoms with Gasteiger partial charge in [-0.25, -0.2) is 0 Å². The minimum atomic E-state index is -0.623. The molecule has 30 heavy (non-hydrogen) atoms. The topological polar surface area (TPSA) is 38.8 Å². The summed E-state index contributed by atoms with van der Waals surface area (Å²) in [4.78, 5) is 16.1. The van der Waals surface area contributed by atoms with Crippen LogP contribution in [-0.2, 0) is 20.7 Å². The molecule has 4 heteroatoms. The van der Waals surface area contributed by atoms with Crippen LogP contribution < -0.4 is 0 Å². The highest BCUT2D eigenvalue weighted by molar-refractivity contribution is 5.85. The Labute approximate surface area is 179 Å². The van der Waals surface area contributed by atoms with Gasteiger partial charge in [0.15, 0.2) is 0 Å². The van der Waals surface area contributed by atoms with Gasteiger partial charge in [-0.2, -0.15) is 0 Å². The van der Waals surface area contributed by atoms with Gasteiger partial charge in [0.25, 0.3) is 0 Å². The Kier molecular flexibility index (Phi) is 5.81. The molecule has 4 rings (SSSR count). The number of nitrogens with zero attached hydrogens (tertiary/aromatic N) is 1. The lowest BCUT2D eigenvalue weighted by molar-refractivity contribution is -0.177. The number of rotatable bonds is 7. The first-order valence-electron chi connectivity index (χ1n) is 10.7. The first-order valence-corrected chi connectivity index (χ1v) is 10.7. The lowest BCUT2D eigenvalue weighted by Gasteiger charge is -2.49. The van der Waals surface area contributed by atoms with Crippen molar-refractivity contribution in [1.29, 1.82) is 0 Å². The zero-order chi connectivity index (χ0) is 21.2. The zero-order valence-corrected chi connectivity index (χ0v) is 17.9. The standard InChI is InChI=1S/C26H31NO3/c1-4-15-26(18-20-11-7-5-8-12-20)17-16-25(2)27(24(26)28)22(19-29-3)23(30-25)21-13-9-6-10-14-21/h4-14,22-23H,1,15-19H2,2-3H3/t22-,23-,25+,26-/m0/s1. The largest absolute Gasteiger partial charge is 0.382 e. The highest BCUT2D eigenvalue weighted by Crippen LogP contribution is 2.52. The van der Waals surface area contributed by atoms with Crippen LogP contribution in [0.5, 0.6) is 0 Å². The number of benzene rings is 2. The number of amides is 1. The van der Waals surface area contributed by atoms with E-state index in [0.29, 0.717) is 19.4 Å². The van der Waals surface area contributed by atoms with Gasteiger partial charge in [-0.3, -0.25) is 4.79 Å². The molecule has 0 aliphatic carbocycles. The SMILES string of the molecule is C=CC[C@@]1(Cc2ccccc2)CC[C@@]2(C)O[C@@H](c3ccccc3)[C@H](COC)N2C1=O. The van der Waals surface area contributed by atoms with E-state index in [9.17, 15) is 4.79 Å². The Morgan fingerprint density at radius 3 is 2.43 bits per heavy atom. The molecular weight excluding hydrogens is 374 g/mol. The predicted octanol–water partition coefficient (Wildman–Crippen LogP) is 4.92. The van der Waals surface area contributed by atoms with Gasteiger partial charge in [0.1, 0.15) is 11.8 Å². The van der Waals surface area contributed by atoms with Crippen LogP contribution in [0.4, 0.5) is 0 Å². The summed E-state index contributed by atoms with van der Waals surface area (Å²) in [5, 5.41) is 0. The maximum absolute atomic E-state index is 14.1. The van der Waals surface area contributed by atoms with Crippen LogP contribution in [0.3, 0.4) is 0 Å². The summed E-state index contributed by atoms with van der Waals surface area (Å²) in [6.45, 7) is 6.46. The number of carbonyl (C=O) groups is 1. The number of hydrogen-bond acceptors (Lipinski definition) is 3. The van der Waals surface area contributed by atoms with Crippen molar-refractivity contribution in [2.24, 2.45) is 5.41 Å². The lowest BCUT2D eigenvalue weighted by Crippen LogP contribution is -2.60. The molecule has 4 atom stereocenters. The molecule has 2 aliphatic rings. The van der Waals surface area contributed by atoms with Crippen LogP contribution in [-0.4, -0.2) is 36.3 Å². The smallest absolute Gasteiger partial charge is 0.232 e. The summed E-state index contributed by atoms with van der Waals surface area (Å²) in [5.74, 6) is 0.153. The van der Waals surface area contributed by atoms with Gasteiger partial charge in [0.2, 0.25) is 5.91 Å². The van der Waals surface area contributed by atoms with Gasteiger partial charge in [-0.15, -0.1) is 6.58 Å². The molecule has 158 valence electrons. The fourth-order valence-electron chi connectivity index (χ4n) is 5.23. The average molecular weight is 406 g/mol. The summed E-state index contributed by atoms with van der Waals surface area (Å²) < 4.78 is 12.2. The molecular formula is C26H31NO3. The summed E-state index contributed by atoms with van der Waals surface area (Å²) >= 11 is 0. The van der Waals surface area contributed by atoms with E-state index in [0.717, 1.165) is 18.4 Å². The minimum absolute atomic E-state index is 0.153. The van der Waals surface area contributed by atoms with Crippen LogP contribution in [0.15, 0.2) is 73.3 Å². The molecule has 0 spiro atoms. The van der Waals surface area contributed by atoms with Crippen molar-refractivity contribution in [2.75, 3.05) is 13.7 Å². The van der Waals surface area contributed by atoms with Gasteiger partial charge in [0, 0.05) is 7.11 Å². The highest BCUT2D eigenvalue weighted by Gasteiger charge is 2.60. The van der Waals surface area contributed by atoms with Crippen LogP contribution in [0.1, 0.15) is 43.4 Å². The Morgan fingerprint density at radius 2 is 1.80 bits per heavy atom. The molecule has 1 amide bonds. The van der Waals surface area contributed by atoms with Gasteiger partial charge in [0.05, 0.1) is 18.1 Å². The van der Waals surface area contributed by atoms with Gasteiger partial charge < -0.3 is 14.4 Å². The Hall–Kier alpha value is -2.43. The number of hydrogen-bond donors (Lipinski definition) is 0. The number of allylic oxidation sites excluding steroid dienone is 1. The summed E-state index contributed by atoms with van der Waals surface area (Å²) in [6.07, 6.45) is 4.63. The van der Waals surface area contributed by atoms with E-state index in [-0.39, 0.29) is 18.1 Å². The molecule has 0 unspecified atom stereocenters. The average Bonchev–Trinajstić information content (AvgIpc) is 3.06. The second-order valence-electron chi connectivity index (χ2n) is 8.76. The van der Waals surface area contributed by atoms with Crippen LogP contribution in [0.25, 0.3) is 0 Å². The van der Waals surface area contributed by atoms with Crippen molar-refractivity contribution in [2.45, 2.75) is 50.5 Å².